The Bertz CT molecular complexity index is 897. The van der Waals surface area contributed by atoms with Gasteiger partial charge in [0.25, 0.3) is 0 Å². The van der Waals surface area contributed by atoms with E-state index in [9.17, 15) is 21.6 Å². The molecule has 0 atom stereocenters. The van der Waals surface area contributed by atoms with E-state index in [-0.39, 0.29) is 5.69 Å². The fourth-order valence-corrected chi connectivity index (χ4v) is 3.22. The highest BCUT2D eigenvalue weighted by atomic mass is 32.2. The smallest absolute Gasteiger partial charge is 0.417 e. The van der Waals surface area contributed by atoms with Crippen LogP contribution in [0.25, 0.3) is 0 Å². The highest BCUT2D eigenvalue weighted by Crippen LogP contribution is 2.35. The molecule has 2 aromatic carbocycles. The highest BCUT2D eigenvalue weighted by molar-refractivity contribution is 7.89. The number of nitrogens with two attached hydrogens (primary N) is 1. The molecule has 2 aromatic rings. The number of halogens is 3. The molecule has 0 radical (unpaired) electrons. The first-order chi connectivity index (χ1) is 12.0. The van der Waals surface area contributed by atoms with Crippen molar-refractivity contribution < 1.29 is 26.3 Å². The van der Waals surface area contributed by atoms with Crippen LogP contribution in [0.5, 0.6) is 5.75 Å². The SMILES string of the molecule is COc1cc(CCNc2ccc(S(N)(=O)=O)c(C(F)(F)F)c2)ccc1C. The Morgan fingerprint density at radius 3 is 2.42 bits per heavy atom. The van der Waals surface area contributed by atoms with Crippen molar-refractivity contribution >= 4 is 15.7 Å². The Labute approximate surface area is 150 Å². The molecule has 0 amide bonds. The van der Waals surface area contributed by atoms with E-state index in [1.54, 1.807) is 7.11 Å². The number of aryl methyl sites for hydroxylation is 1. The molecule has 0 fully saturated rings. The number of benzene rings is 2. The summed E-state index contributed by atoms with van der Waals surface area (Å²) in [5.41, 5.74) is 0.806. The summed E-state index contributed by atoms with van der Waals surface area (Å²) in [6, 6.07) is 8.53. The Balaban J connectivity index is 2.15. The van der Waals surface area contributed by atoms with Crippen molar-refractivity contribution in [3.05, 3.63) is 53.1 Å². The van der Waals surface area contributed by atoms with Gasteiger partial charge >= 0.3 is 6.18 Å². The Morgan fingerprint density at radius 2 is 1.85 bits per heavy atom. The molecule has 0 aliphatic heterocycles. The number of sulfonamides is 1. The van der Waals surface area contributed by atoms with Crippen molar-refractivity contribution in [2.75, 3.05) is 19.0 Å². The van der Waals surface area contributed by atoms with Crippen LogP contribution in [0.3, 0.4) is 0 Å². The molecule has 26 heavy (non-hydrogen) atoms. The topological polar surface area (TPSA) is 81.4 Å². The van der Waals surface area contributed by atoms with Gasteiger partial charge < -0.3 is 10.1 Å². The molecule has 0 aliphatic carbocycles. The lowest BCUT2D eigenvalue weighted by Gasteiger charge is -2.14. The monoisotopic (exact) mass is 388 g/mol. The number of rotatable bonds is 6. The zero-order valence-corrected chi connectivity index (χ0v) is 15.0. The lowest BCUT2D eigenvalue weighted by molar-refractivity contribution is -0.139. The van der Waals surface area contributed by atoms with Crippen molar-refractivity contribution in [2.24, 2.45) is 5.14 Å². The van der Waals surface area contributed by atoms with Crippen molar-refractivity contribution in [1.82, 2.24) is 0 Å². The second kappa shape index (κ2) is 7.55. The number of ether oxygens (including phenoxy) is 1. The molecule has 142 valence electrons. The molecule has 0 saturated heterocycles. The average molecular weight is 388 g/mol. The molecule has 0 spiro atoms. The molecule has 0 heterocycles. The molecule has 0 aliphatic rings. The minimum atomic E-state index is -4.83. The molecule has 9 heteroatoms. The van der Waals surface area contributed by atoms with Crippen LogP contribution in [-0.2, 0) is 22.6 Å². The zero-order chi connectivity index (χ0) is 19.5. The van der Waals surface area contributed by atoms with Crippen LogP contribution in [0.2, 0.25) is 0 Å². The summed E-state index contributed by atoms with van der Waals surface area (Å²) >= 11 is 0. The predicted octanol–water partition coefficient (Wildman–Crippen LogP) is 3.32. The van der Waals surface area contributed by atoms with E-state index in [2.05, 4.69) is 5.32 Å². The Hall–Kier alpha value is -2.26. The number of primary sulfonamides is 1. The third-order valence-corrected chi connectivity index (χ3v) is 4.78. The summed E-state index contributed by atoms with van der Waals surface area (Å²) in [5.74, 6) is 0.736. The third-order valence-electron chi connectivity index (χ3n) is 3.81. The molecule has 0 unspecified atom stereocenters. The molecule has 0 bridgehead atoms. The van der Waals surface area contributed by atoms with E-state index in [1.165, 1.54) is 6.07 Å². The van der Waals surface area contributed by atoms with Gasteiger partial charge in [0.1, 0.15) is 5.75 Å². The molecular formula is C17H19F3N2O3S. The van der Waals surface area contributed by atoms with Crippen molar-refractivity contribution in [1.29, 1.82) is 0 Å². The number of nitrogens with one attached hydrogen (secondary N) is 1. The first-order valence-corrected chi connectivity index (χ1v) is 9.18. The second-order valence-corrected chi connectivity index (χ2v) is 7.26. The van der Waals surface area contributed by atoms with Crippen LogP contribution in [0, 0.1) is 6.92 Å². The third kappa shape index (κ3) is 4.89. The van der Waals surface area contributed by atoms with Crippen LogP contribution < -0.4 is 15.2 Å². The van der Waals surface area contributed by atoms with Crippen molar-refractivity contribution in [2.45, 2.75) is 24.4 Å². The summed E-state index contributed by atoms with van der Waals surface area (Å²) in [7, 11) is -2.90. The Kier molecular flexibility index (Phi) is 5.82. The van der Waals surface area contributed by atoms with Crippen LogP contribution >= 0.6 is 0 Å². The van der Waals surface area contributed by atoms with Gasteiger partial charge in [-0.1, -0.05) is 12.1 Å². The summed E-state index contributed by atoms with van der Waals surface area (Å²) < 4.78 is 67.2. The molecule has 3 N–H and O–H groups in total. The molecule has 5 nitrogen and oxygen atoms in total. The predicted molar refractivity (Wildman–Crippen MR) is 92.7 cm³/mol. The van der Waals surface area contributed by atoms with Gasteiger partial charge in [-0.25, -0.2) is 13.6 Å². The van der Waals surface area contributed by atoms with E-state index in [0.29, 0.717) is 13.0 Å². The van der Waals surface area contributed by atoms with Gasteiger partial charge in [-0.3, -0.25) is 0 Å². The van der Waals surface area contributed by atoms with E-state index in [0.717, 1.165) is 29.0 Å². The van der Waals surface area contributed by atoms with Crippen LogP contribution in [0.1, 0.15) is 16.7 Å². The van der Waals surface area contributed by atoms with Crippen molar-refractivity contribution in [3.63, 3.8) is 0 Å². The van der Waals surface area contributed by atoms with Crippen LogP contribution in [-0.4, -0.2) is 22.1 Å². The first-order valence-electron chi connectivity index (χ1n) is 7.64. The largest absolute Gasteiger partial charge is 0.496 e. The van der Waals surface area contributed by atoms with Crippen molar-refractivity contribution in [3.8, 4) is 5.75 Å². The lowest BCUT2D eigenvalue weighted by Crippen LogP contribution is -2.19. The van der Waals surface area contributed by atoms with Gasteiger partial charge in [0.05, 0.1) is 17.6 Å². The minimum Gasteiger partial charge on any atom is -0.496 e. The number of hydrogen-bond acceptors (Lipinski definition) is 4. The standard InChI is InChI=1S/C17H19F3N2O3S/c1-11-3-4-12(9-15(11)25-2)7-8-22-13-5-6-16(26(21,23)24)14(10-13)17(18,19)20/h3-6,9-10,22H,7-8H2,1-2H3,(H2,21,23,24). The minimum absolute atomic E-state index is 0.156. The van der Waals surface area contributed by atoms with Crippen LogP contribution in [0.15, 0.2) is 41.3 Å². The van der Waals surface area contributed by atoms with Gasteiger partial charge in [0, 0.05) is 12.2 Å². The summed E-state index contributed by atoms with van der Waals surface area (Å²) in [5, 5.41) is 7.72. The maximum Gasteiger partial charge on any atom is 0.417 e. The maximum atomic E-state index is 13.1. The summed E-state index contributed by atoms with van der Waals surface area (Å²) in [6.07, 6.45) is -4.28. The fraction of sp³-hybridized carbons (Fsp3) is 0.294. The van der Waals surface area contributed by atoms with Gasteiger partial charge in [-0.05, 0) is 48.7 Å². The van der Waals surface area contributed by atoms with Crippen LogP contribution in [0.4, 0.5) is 18.9 Å². The normalized spacial score (nSPS) is 12.1. The summed E-state index contributed by atoms with van der Waals surface area (Å²) in [4.78, 5) is -0.946. The van der Waals surface area contributed by atoms with E-state index in [4.69, 9.17) is 9.88 Å². The van der Waals surface area contributed by atoms with Gasteiger partial charge in [0.15, 0.2) is 0 Å². The average Bonchev–Trinajstić information content (AvgIpc) is 2.54. The van der Waals surface area contributed by atoms with E-state index in [1.807, 2.05) is 25.1 Å². The van der Waals surface area contributed by atoms with E-state index >= 15 is 0 Å². The van der Waals surface area contributed by atoms with Gasteiger partial charge in [-0.15, -0.1) is 0 Å². The number of anilines is 1. The Morgan fingerprint density at radius 1 is 1.15 bits per heavy atom. The van der Waals surface area contributed by atoms with Gasteiger partial charge in [0.2, 0.25) is 10.0 Å². The molecule has 2 rings (SSSR count). The van der Waals surface area contributed by atoms with Gasteiger partial charge in [-0.2, -0.15) is 13.2 Å². The lowest BCUT2D eigenvalue weighted by atomic mass is 10.1. The number of methoxy groups -OCH3 is 1. The summed E-state index contributed by atoms with van der Waals surface area (Å²) in [6.45, 7) is 2.27. The number of hydrogen-bond donors (Lipinski definition) is 2. The molecular weight excluding hydrogens is 369 g/mol. The zero-order valence-electron chi connectivity index (χ0n) is 14.2. The first kappa shape index (κ1) is 20.1. The number of alkyl halides is 3. The quantitative estimate of drug-likeness (QED) is 0.795. The van der Waals surface area contributed by atoms with E-state index < -0.39 is 26.7 Å². The second-order valence-electron chi connectivity index (χ2n) is 5.73. The fourth-order valence-electron chi connectivity index (χ4n) is 2.48. The molecule has 0 aromatic heterocycles. The highest BCUT2D eigenvalue weighted by Gasteiger charge is 2.36. The molecule has 0 saturated carbocycles. The maximum absolute atomic E-state index is 13.1.